The summed E-state index contributed by atoms with van der Waals surface area (Å²) in [4.78, 5) is 13.8. The molecule has 0 bridgehead atoms. The van der Waals surface area contributed by atoms with Crippen molar-refractivity contribution in [1.82, 2.24) is 4.90 Å². The minimum Gasteiger partial charge on any atom is -0.444 e. The Balaban J connectivity index is 1.75. The first-order valence-electron chi connectivity index (χ1n) is 8.22. The molecule has 0 aliphatic carbocycles. The highest BCUT2D eigenvalue weighted by molar-refractivity contribution is 5.68. The maximum Gasteiger partial charge on any atom is 0.410 e. The predicted molar refractivity (Wildman–Crippen MR) is 89.8 cm³/mol. The number of benzene rings is 1. The van der Waals surface area contributed by atoms with Crippen molar-refractivity contribution >= 4 is 6.09 Å². The number of ether oxygens (including phenoxy) is 1. The molecular weight excluding hydrogens is 293 g/mol. The summed E-state index contributed by atoms with van der Waals surface area (Å²) in [5.74, 6) is 0.293. The monoisotopic (exact) mass is 319 g/mol. The van der Waals surface area contributed by atoms with E-state index in [1.54, 1.807) is 4.90 Å². The van der Waals surface area contributed by atoms with E-state index >= 15 is 0 Å². The van der Waals surface area contributed by atoms with Crippen molar-refractivity contribution in [3.05, 3.63) is 47.8 Å². The molecule has 1 fully saturated rings. The third-order valence-corrected chi connectivity index (χ3v) is 3.87. The van der Waals surface area contributed by atoms with Gasteiger partial charge in [-0.25, -0.2) is 9.18 Å². The molecule has 0 unspecified atom stereocenters. The molecule has 0 saturated carbocycles. The largest absolute Gasteiger partial charge is 0.444 e. The van der Waals surface area contributed by atoms with Gasteiger partial charge in [-0.1, -0.05) is 24.3 Å². The Labute approximate surface area is 138 Å². The highest BCUT2D eigenvalue weighted by Crippen LogP contribution is 2.21. The number of piperidine rings is 1. The van der Waals surface area contributed by atoms with Gasteiger partial charge < -0.3 is 9.64 Å². The van der Waals surface area contributed by atoms with Crippen molar-refractivity contribution < 1.29 is 13.9 Å². The molecule has 1 aliphatic rings. The Kier molecular flexibility index (Phi) is 5.80. The molecule has 1 amide bonds. The van der Waals surface area contributed by atoms with Crippen LogP contribution >= 0.6 is 0 Å². The number of rotatable bonds is 3. The van der Waals surface area contributed by atoms with Crippen molar-refractivity contribution in [2.24, 2.45) is 5.92 Å². The number of carbonyl (C=O) groups is 1. The lowest BCUT2D eigenvalue weighted by Crippen LogP contribution is -2.41. The summed E-state index contributed by atoms with van der Waals surface area (Å²) in [7, 11) is 0. The lowest BCUT2D eigenvalue weighted by atomic mass is 9.96. The van der Waals surface area contributed by atoms with Crippen LogP contribution in [-0.4, -0.2) is 29.7 Å². The van der Waals surface area contributed by atoms with E-state index in [2.05, 4.69) is 12.2 Å². The number of hydrogen-bond donors (Lipinski definition) is 0. The van der Waals surface area contributed by atoms with Gasteiger partial charge in [-0.2, -0.15) is 0 Å². The first-order valence-corrected chi connectivity index (χ1v) is 8.22. The van der Waals surface area contributed by atoms with Crippen LogP contribution in [0.2, 0.25) is 0 Å². The molecule has 0 radical (unpaired) electrons. The van der Waals surface area contributed by atoms with Crippen molar-refractivity contribution in [1.29, 1.82) is 0 Å². The summed E-state index contributed by atoms with van der Waals surface area (Å²) >= 11 is 0. The van der Waals surface area contributed by atoms with Crippen LogP contribution in [0, 0.1) is 11.7 Å². The smallest absolute Gasteiger partial charge is 0.410 e. The number of halogens is 1. The quantitative estimate of drug-likeness (QED) is 0.764. The van der Waals surface area contributed by atoms with E-state index in [0.29, 0.717) is 5.92 Å². The first kappa shape index (κ1) is 17.5. The van der Waals surface area contributed by atoms with Crippen LogP contribution in [0.15, 0.2) is 36.4 Å². The molecule has 2 rings (SSSR count). The van der Waals surface area contributed by atoms with Gasteiger partial charge in [0.25, 0.3) is 0 Å². The highest BCUT2D eigenvalue weighted by atomic mass is 19.1. The van der Waals surface area contributed by atoms with Gasteiger partial charge in [0, 0.05) is 13.1 Å². The van der Waals surface area contributed by atoms with Crippen molar-refractivity contribution in [2.45, 2.75) is 45.6 Å². The fourth-order valence-corrected chi connectivity index (χ4v) is 2.62. The number of carbonyl (C=O) groups excluding carboxylic acids is 1. The summed E-state index contributed by atoms with van der Waals surface area (Å²) in [5, 5.41) is 0. The Morgan fingerprint density at radius 1 is 1.26 bits per heavy atom. The van der Waals surface area contributed by atoms with Gasteiger partial charge >= 0.3 is 6.09 Å². The number of hydrogen-bond acceptors (Lipinski definition) is 2. The van der Waals surface area contributed by atoms with Crippen LogP contribution < -0.4 is 0 Å². The topological polar surface area (TPSA) is 29.5 Å². The predicted octanol–water partition coefficient (Wildman–Crippen LogP) is 4.57. The van der Waals surface area contributed by atoms with Gasteiger partial charge in [-0.3, -0.25) is 0 Å². The molecule has 0 spiro atoms. The van der Waals surface area contributed by atoms with E-state index in [0.717, 1.165) is 37.9 Å². The normalized spacial score (nSPS) is 16.8. The summed E-state index contributed by atoms with van der Waals surface area (Å²) in [6, 6.07) is 6.60. The summed E-state index contributed by atoms with van der Waals surface area (Å²) < 4.78 is 18.2. The van der Waals surface area contributed by atoms with E-state index in [1.165, 1.54) is 12.1 Å². The van der Waals surface area contributed by atoms with Crippen LogP contribution in [0.5, 0.6) is 0 Å². The van der Waals surface area contributed by atoms with E-state index < -0.39 is 5.60 Å². The molecule has 1 aromatic rings. The standard InChI is InChI=1S/C19H26FNO2/c1-19(2,3)23-18(22)21-13-11-16(12-14-21)6-4-5-15-7-9-17(20)10-8-15/h4,6-10,16H,5,11-14H2,1-3H3/b6-4+. The number of likely N-dealkylation sites (tertiary alicyclic amines) is 1. The number of allylic oxidation sites excluding steroid dienone is 2. The molecule has 23 heavy (non-hydrogen) atoms. The zero-order valence-corrected chi connectivity index (χ0v) is 14.2. The second kappa shape index (κ2) is 7.62. The summed E-state index contributed by atoms with van der Waals surface area (Å²) in [6.07, 6.45) is 6.87. The van der Waals surface area contributed by atoms with Crippen LogP contribution in [0.25, 0.3) is 0 Å². The molecule has 1 aromatic carbocycles. The van der Waals surface area contributed by atoms with Gasteiger partial charge in [0.15, 0.2) is 0 Å². The zero-order valence-electron chi connectivity index (χ0n) is 14.2. The number of amides is 1. The first-order chi connectivity index (χ1) is 10.8. The van der Waals surface area contributed by atoms with E-state index in [1.807, 2.05) is 32.9 Å². The molecule has 3 nitrogen and oxygen atoms in total. The lowest BCUT2D eigenvalue weighted by Gasteiger charge is -2.32. The molecular formula is C19H26FNO2. The Bertz CT molecular complexity index is 537. The van der Waals surface area contributed by atoms with Gasteiger partial charge in [-0.05, 0) is 63.6 Å². The van der Waals surface area contributed by atoms with E-state index in [4.69, 9.17) is 4.74 Å². The fraction of sp³-hybridized carbons (Fsp3) is 0.526. The third kappa shape index (κ3) is 6.05. The molecule has 1 aliphatic heterocycles. The van der Waals surface area contributed by atoms with Crippen LogP contribution in [0.1, 0.15) is 39.2 Å². The van der Waals surface area contributed by atoms with E-state index in [-0.39, 0.29) is 11.9 Å². The molecule has 0 N–H and O–H groups in total. The van der Waals surface area contributed by atoms with Crippen LogP contribution in [0.3, 0.4) is 0 Å². The van der Waals surface area contributed by atoms with Crippen molar-refractivity contribution in [3.63, 3.8) is 0 Å². The molecule has 1 saturated heterocycles. The van der Waals surface area contributed by atoms with Gasteiger partial charge in [0.2, 0.25) is 0 Å². The maximum atomic E-state index is 12.8. The number of nitrogens with zero attached hydrogens (tertiary/aromatic N) is 1. The molecule has 0 atom stereocenters. The minimum atomic E-state index is -0.441. The highest BCUT2D eigenvalue weighted by Gasteiger charge is 2.25. The van der Waals surface area contributed by atoms with Crippen molar-refractivity contribution in [2.75, 3.05) is 13.1 Å². The Morgan fingerprint density at radius 2 is 1.87 bits per heavy atom. The van der Waals surface area contributed by atoms with Crippen LogP contribution in [0.4, 0.5) is 9.18 Å². The van der Waals surface area contributed by atoms with E-state index in [9.17, 15) is 9.18 Å². The lowest BCUT2D eigenvalue weighted by molar-refractivity contribution is 0.0197. The SMILES string of the molecule is CC(C)(C)OC(=O)N1CCC(/C=C/Cc2ccc(F)cc2)CC1. The minimum absolute atomic E-state index is 0.202. The van der Waals surface area contributed by atoms with Crippen molar-refractivity contribution in [3.8, 4) is 0 Å². The third-order valence-electron chi connectivity index (χ3n) is 3.87. The second-order valence-corrected chi connectivity index (χ2v) is 7.06. The summed E-state index contributed by atoms with van der Waals surface area (Å²) in [6.45, 7) is 7.13. The maximum absolute atomic E-state index is 12.8. The second-order valence-electron chi connectivity index (χ2n) is 7.06. The Hall–Kier alpha value is -1.84. The average Bonchev–Trinajstić information content (AvgIpc) is 2.48. The average molecular weight is 319 g/mol. The molecule has 0 aromatic heterocycles. The van der Waals surface area contributed by atoms with Gasteiger partial charge in [0.1, 0.15) is 11.4 Å². The van der Waals surface area contributed by atoms with Gasteiger partial charge in [0.05, 0.1) is 0 Å². The zero-order chi connectivity index (χ0) is 16.9. The van der Waals surface area contributed by atoms with Crippen LogP contribution in [-0.2, 0) is 11.2 Å². The molecule has 1 heterocycles. The summed E-state index contributed by atoms with van der Waals surface area (Å²) in [5.41, 5.74) is 0.664. The molecule has 4 heteroatoms. The fourth-order valence-electron chi connectivity index (χ4n) is 2.62. The van der Waals surface area contributed by atoms with Gasteiger partial charge in [-0.15, -0.1) is 0 Å². The Morgan fingerprint density at radius 3 is 2.43 bits per heavy atom. The molecule has 126 valence electrons.